The van der Waals surface area contributed by atoms with Gasteiger partial charge in [-0.05, 0) is 0 Å². The number of rotatable bonds is 0. The van der Waals surface area contributed by atoms with Crippen LogP contribution in [0.15, 0.2) is 0 Å². The largest absolute Gasteiger partial charge is 0.197 e. The van der Waals surface area contributed by atoms with Crippen LogP contribution >= 0.6 is 13.5 Å². The van der Waals surface area contributed by atoms with Crippen LogP contribution in [0.1, 0.15) is 0 Å². The fourth-order valence-corrected chi connectivity index (χ4v) is 0. The smallest absolute Gasteiger partial charge is 0 e. The zero-order valence-electron chi connectivity index (χ0n) is 2.09. The van der Waals surface area contributed by atoms with Gasteiger partial charge in [0, 0.05) is 56.3 Å². The van der Waals surface area contributed by atoms with Crippen molar-refractivity contribution in [3.63, 3.8) is 0 Å². The van der Waals surface area contributed by atoms with Gasteiger partial charge in [0.25, 0.3) is 0 Å². The molecule has 0 unspecified atom stereocenters. The average molecular weight is 233 g/mol. The normalized spacial score (nSPS) is 0. The Bertz CT molecular complexity index is 8.00. The van der Waals surface area contributed by atoms with Gasteiger partial charge in [0.05, 0.1) is 0 Å². The summed E-state index contributed by atoms with van der Waals surface area (Å²) in [5.74, 6) is 0. The summed E-state index contributed by atoms with van der Waals surface area (Å²) < 4.78 is 0. The van der Waals surface area contributed by atoms with Crippen molar-refractivity contribution in [2.75, 3.05) is 0 Å². The molecule has 0 aliphatic rings. The Morgan fingerprint density at radius 2 is 1.00 bits per heavy atom. The molecular formula is H2CuGaSZn. The minimum atomic E-state index is 0. The first-order chi connectivity index (χ1) is 0. The molecule has 0 fully saturated rings. The Hall–Kier alpha value is 2.13. The first kappa shape index (κ1) is 35.6. The molecule has 0 aliphatic carbocycles. The predicted molar refractivity (Wildman–Crippen MR) is 16.1 cm³/mol. The van der Waals surface area contributed by atoms with Crippen molar-refractivity contribution in [2.45, 2.75) is 0 Å². The summed E-state index contributed by atoms with van der Waals surface area (Å²) >= 11 is 0. The van der Waals surface area contributed by atoms with Crippen LogP contribution < -0.4 is 0 Å². The van der Waals surface area contributed by atoms with Crippen molar-refractivity contribution < 1.29 is 36.5 Å². The first-order valence-corrected chi connectivity index (χ1v) is 0. The van der Waals surface area contributed by atoms with E-state index in [0.717, 1.165) is 0 Å². The minimum absolute atomic E-state index is 0. The number of hydrogen-bond donors (Lipinski definition) is 0. The van der Waals surface area contributed by atoms with E-state index in [2.05, 4.69) is 0 Å². The third-order valence-corrected chi connectivity index (χ3v) is 0. The van der Waals surface area contributed by atoms with Gasteiger partial charge in [-0.2, -0.15) is 13.5 Å². The van der Waals surface area contributed by atoms with E-state index < -0.39 is 0 Å². The Morgan fingerprint density at radius 3 is 1.00 bits per heavy atom. The van der Waals surface area contributed by atoms with Gasteiger partial charge in [-0.25, -0.2) is 0 Å². The molecule has 0 nitrogen and oxygen atoms in total. The van der Waals surface area contributed by atoms with E-state index in [1.807, 2.05) is 0 Å². The van der Waals surface area contributed by atoms with E-state index in [0.29, 0.717) is 0 Å². The summed E-state index contributed by atoms with van der Waals surface area (Å²) in [4.78, 5) is 0. The summed E-state index contributed by atoms with van der Waals surface area (Å²) in [7, 11) is 0. The fourth-order valence-electron chi connectivity index (χ4n) is 0. The van der Waals surface area contributed by atoms with Crippen LogP contribution in [-0.2, 0) is 36.5 Å². The first-order valence-electron chi connectivity index (χ1n) is 0. The van der Waals surface area contributed by atoms with Crippen LogP contribution in [0.2, 0.25) is 0 Å². The summed E-state index contributed by atoms with van der Waals surface area (Å²) in [6.07, 6.45) is 0. The van der Waals surface area contributed by atoms with E-state index in [1.165, 1.54) is 0 Å². The van der Waals surface area contributed by atoms with Crippen molar-refractivity contribution in [2.24, 2.45) is 0 Å². The molecule has 0 saturated heterocycles. The summed E-state index contributed by atoms with van der Waals surface area (Å²) in [5.41, 5.74) is 0. The van der Waals surface area contributed by atoms with Crippen LogP contribution in [0.3, 0.4) is 0 Å². The molecule has 0 spiro atoms. The minimum Gasteiger partial charge on any atom is -0.197 e. The Morgan fingerprint density at radius 1 is 1.00 bits per heavy atom. The van der Waals surface area contributed by atoms with E-state index in [1.54, 1.807) is 0 Å². The SMILES string of the molecule is S.[Cu].[Ga].[Zn]. The van der Waals surface area contributed by atoms with Crippen molar-refractivity contribution in [3.05, 3.63) is 0 Å². The Kier molecular flexibility index (Phi) is 172. The van der Waals surface area contributed by atoms with Crippen LogP contribution in [0.4, 0.5) is 0 Å². The molecule has 0 aromatic carbocycles. The maximum absolute atomic E-state index is 0. The molecule has 0 atom stereocenters. The van der Waals surface area contributed by atoms with Crippen LogP contribution in [0.25, 0.3) is 0 Å². The maximum Gasteiger partial charge on any atom is 0 e. The molecule has 4 heteroatoms. The standard InChI is InChI=1S/Cu.Ga.H2S.Zn/h;;1H2;. The summed E-state index contributed by atoms with van der Waals surface area (Å²) in [6.45, 7) is 0. The molecule has 0 bridgehead atoms. The second kappa shape index (κ2) is 19.3. The van der Waals surface area contributed by atoms with Gasteiger partial charge in [0.2, 0.25) is 0 Å². The summed E-state index contributed by atoms with van der Waals surface area (Å²) in [5, 5.41) is 0. The van der Waals surface area contributed by atoms with Gasteiger partial charge in [-0.15, -0.1) is 0 Å². The molecule has 0 rings (SSSR count). The van der Waals surface area contributed by atoms with Crippen molar-refractivity contribution in [1.29, 1.82) is 0 Å². The van der Waals surface area contributed by atoms with Crippen LogP contribution in [0, 0.1) is 0 Å². The van der Waals surface area contributed by atoms with Gasteiger partial charge < -0.3 is 0 Å². The second-order valence-corrected chi connectivity index (χ2v) is 0. The molecule has 0 aliphatic heterocycles. The van der Waals surface area contributed by atoms with Crippen LogP contribution in [-0.4, -0.2) is 19.8 Å². The molecule has 0 saturated carbocycles. The van der Waals surface area contributed by atoms with E-state index in [-0.39, 0.29) is 69.8 Å². The second-order valence-electron chi connectivity index (χ2n) is 0. The molecule has 24 valence electrons. The molecular weight excluding hydrogens is 231 g/mol. The molecule has 0 N–H and O–H groups in total. The Labute approximate surface area is 69.2 Å². The third kappa shape index (κ3) is 8.92. The topological polar surface area (TPSA) is 0 Å². The van der Waals surface area contributed by atoms with Crippen LogP contribution in [0.5, 0.6) is 0 Å². The molecule has 0 amide bonds. The van der Waals surface area contributed by atoms with E-state index in [9.17, 15) is 0 Å². The molecule has 4 heavy (non-hydrogen) atoms. The Balaban J connectivity index is 0. The molecule has 0 aromatic heterocycles. The fraction of sp³-hybridized carbons (Fsp3) is 0. The van der Waals surface area contributed by atoms with Gasteiger partial charge >= 0.3 is 0 Å². The molecule has 0 heterocycles. The van der Waals surface area contributed by atoms with E-state index in [4.69, 9.17) is 0 Å². The molecule has 4 radical (unpaired) electrons. The van der Waals surface area contributed by atoms with Crippen molar-refractivity contribution in [3.8, 4) is 0 Å². The van der Waals surface area contributed by atoms with Gasteiger partial charge in [0.1, 0.15) is 0 Å². The zero-order chi connectivity index (χ0) is 0. The predicted octanol–water partition coefficient (Wildman–Crippen LogP) is -0.273. The molecule has 0 aromatic rings. The van der Waals surface area contributed by atoms with Gasteiger partial charge in [-0.1, -0.05) is 0 Å². The number of hydrogen-bond acceptors (Lipinski definition) is 0. The average Bonchev–Trinajstić information content (AvgIpc) is 0. The summed E-state index contributed by atoms with van der Waals surface area (Å²) in [6, 6.07) is 0. The van der Waals surface area contributed by atoms with Crippen molar-refractivity contribution in [1.82, 2.24) is 0 Å². The quantitative estimate of drug-likeness (QED) is 0.505. The maximum atomic E-state index is 0. The third-order valence-electron chi connectivity index (χ3n) is 0. The van der Waals surface area contributed by atoms with E-state index >= 15 is 0 Å². The van der Waals surface area contributed by atoms with Gasteiger partial charge in [-0.3, -0.25) is 0 Å². The zero-order valence-corrected chi connectivity index (χ0v) is 9.42. The monoisotopic (exact) mass is 230 g/mol. The van der Waals surface area contributed by atoms with Gasteiger partial charge in [0.15, 0.2) is 0 Å². The van der Waals surface area contributed by atoms with Crippen molar-refractivity contribution >= 4 is 33.3 Å².